The molecule has 0 aliphatic heterocycles. The minimum atomic E-state index is -0.364. The molecule has 94 valence electrons. The van der Waals surface area contributed by atoms with Crippen molar-refractivity contribution in [3.8, 4) is 0 Å². The first-order valence-corrected chi connectivity index (χ1v) is 5.82. The Morgan fingerprint density at radius 3 is 2.67 bits per heavy atom. The molecule has 1 aromatic carbocycles. The van der Waals surface area contributed by atoms with Gasteiger partial charge in [0.25, 0.3) is 0 Å². The molecule has 3 nitrogen and oxygen atoms in total. The Labute approximate surface area is 110 Å². The van der Waals surface area contributed by atoms with Gasteiger partial charge >= 0.3 is 0 Å². The van der Waals surface area contributed by atoms with Gasteiger partial charge in [-0.3, -0.25) is 10.8 Å². The molecule has 2 aromatic rings. The number of rotatable bonds is 3. The standard InChI is InChI=1S/C13H13ClFN3/c1-8-4-9(6-11(15)5-8)13(18-16)12-3-2-10(14)7-17-12/h2-7,13,18H,16H2,1H3. The second-order valence-electron chi connectivity index (χ2n) is 4.06. The summed E-state index contributed by atoms with van der Waals surface area (Å²) in [5.41, 5.74) is 4.88. The van der Waals surface area contributed by atoms with E-state index in [0.717, 1.165) is 11.1 Å². The summed E-state index contributed by atoms with van der Waals surface area (Å²) >= 11 is 5.78. The van der Waals surface area contributed by atoms with Crippen molar-refractivity contribution in [2.24, 2.45) is 5.84 Å². The summed E-state index contributed by atoms with van der Waals surface area (Å²) in [6.45, 7) is 1.83. The smallest absolute Gasteiger partial charge is 0.123 e. The van der Waals surface area contributed by atoms with Gasteiger partial charge in [0.1, 0.15) is 5.82 Å². The van der Waals surface area contributed by atoms with Crippen LogP contribution in [0.5, 0.6) is 0 Å². The van der Waals surface area contributed by atoms with Gasteiger partial charge in [-0.2, -0.15) is 0 Å². The van der Waals surface area contributed by atoms with Gasteiger partial charge in [-0.15, -0.1) is 0 Å². The van der Waals surface area contributed by atoms with Crippen molar-refractivity contribution in [1.29, 1.82) is 0 Å². The number of nitrogens with one attached hydrogen (secondary N) is 1. The number of aryl methyl sites for hydroxylation is 1. The van der Waals surface area contributed by atoms with Crippen molar-refractivity contribution >= 4 is 11.6 Å². The van der Waals surface area contributed by atoms with Crippen LogP contribution in [0.2, 0.25) is 5.02 Å². The summed E-state index contributed by atoms with van der Waals surface area (Å²) < 4.78 is 13.4. The average Bonchev–Trinajstić information content (AvgIpc) is 2.31. The van der Waals surface area contributed by atoms with Gasteiger partial charge in [0.15, 0.2) is 0 Å². The number of halogens is 2. The van der Waals surface area contributed by atoms with E-state index in [1.807, 2.05) is 13.0 Å². The van der Waals surface area contributed by atoms with Crippen molar-refractivity contribution in [3.05, 3.63) is 64.2 Å². The third-order valence-electron chi connectivity index (χ3n) is 2.61. The van der Waals surface area contributed by atoms with Crippen molar-refractivity contribution < 1.29 is 4.39 Å². The van der Waals surface area contributed by atoms with Gasteiger partial charge in [0, 0.05) is 6.20 Å². The maximum atomic E-state index is 13.4. The molecule has 3 N–H and O–H groups in total. The highest BCUT2D eigenvalue weighted by Gasteiger charge is 2.14. The molecule has 0 saturated heterocycles. The highest BCUT2D eigenvalue weighted by molar-refractivity contribution is 6.30. The molecule has 0 bridgehead atoms. The molecule has 1 unspecified atom stereocenters. The molecule has 1 atom stereocenters. The van der Waals surface area contributed by atoms with Gasteiger partial charge in [-0.05, 0) is 42.3 Å². The lowest BCUT2D eigenvalue weighted by Crippen LogP contribution is -2.29. The van der Waals surface area contributed by atoms with Gasteiger partial charge in [-0.1, -0.05) is 17.7 Å². The van der Waals surface area contributed by atoms with E-state index in [1.165, 1.54) is 18.3 Å². The van der Waals surface area contributed by atoms with Crippen molar-refractivity contribution in [3.63, 3.8) is 0 Å². The molecule has 5 heteroatoms. The average molecular weight is 266 g/mol. The topological polar surface area (TPSA) is 50.9 Å². The molecule has 0 saturated carbocycles. The Morgan fingerprint density at radius 2 is 2.11 bits per heavy atom. The van der Waals surface area contributed by atoms with E-state index < -0.39 is 0 Å². The quantitative estimate of drug-likeness (QED) is 0.663. The second-order valence-corrected chi connectivity index (χ2v) is 4.50. The minimum absolute atomic E-state index is 0.292. The van der Waals surface area contributed by atoms with Gasteiger partial charge < -0.3 is 0 Å². The Bertz CT molecular complexity index is 522. The van der Waals surface area contributed by atoms with Crippen LogP contribution in [0, 0.1) is 12.7 Å². The van der Waals surface area contributed by atoms with Crippen LogP contribution in [0.15, 0.2) is 36.5 Å². The predicted octanol–water partition coefficient (Wildman–Crippen LogP) is 2.74. The lowest BCUT2D eigenvalue weighted by atomic mass is 10.0. The molecular weight excluding hydrogens is 253 g/mol. The zero-order chi connectivity index (χ0) is 13.1. The van der Waals surface area contributed by atoms with Gasteiger partial charge in [0.2, 0.25) is 0 Å². The molecule has 0 aliphatic carbocycles. The van der Waals surface area contributed by atoms with Gasteiger partial charge in [0.05, 0.1) is 16.8 Å². The molecule has 18 heavy (non-hydrogen) atoms. The zero-order valence-corrected chi connectivity index (χ0v) is 10.6. The number of nitrogens with zero attached hydrogens (tertiary/aromatic N) is 1. The zero-order valence-electron chi connectivity index (χ0n) is 9.82. The fraction of sp³-hybridized carbons (Fsp3) is 0.154. The first kappa shape index (κ1) is 13.0. The molecule has 0 spiro atoms. The van der Waals surface area contributed by atoms with Crippen LogP contribution in [0.1, 0.15) is 22.9 Å². The molecule has 0 aliphatic rings. The largest absolute Gasteiger partial charge is 0.271 e. The molecule has 0 fully saturated rings. The van der Waals surface area contributed by atoms with E-state index in [9.17, 15) is 4.39 Å². The van der Waals surface area contributed by atoms with E-state index in [1.54, 1.807) is 12.1 Å². The van der Waals surface area contributed by atoms with Crippen LogP contribution in [-0.2, 0) is 0 Å². The van der Waals surface area contributed by atoms with Crippen LogP contribution >= 0.6 is 11.6 Å². The van der Waals surface area contributed by atoms with E-state index in [-0.39, 0.29) is 11.9 Å². The molecule has 0 amide bonds. The highest BCUT2D eigenvalue weighted by Crippen LogP contribution is 2.22. The van der Waals surface area contributed by atoms with Crippen LogP contribution in [0.25, 0.3) is 0 Å². The van der Waals surface area contributed by atoms with Gasteiger partial charge in [-0.25, -0.2) is 9.82 Å². The monoisotopic (exact) mass is 265 g/mol. The molecule has 0 radical (unpaired) electrons. The summed E-state index contributed by atoms with van der Waals surface area (Å²) in [4.78, 5) is 4.19. The van der Waals surface area contributed by atoms with E-state index in [0.29, 0.717) is 10.7 Å². The Morgan fingerprint density at radius 1 is 1.33 bits per heavy atom. The van der Waals surface area contributed by atoms with Crippen LogP contribution < -0.4 is 11.3 Å². The lowest BCUT2D eigenvalue weighted by molar-refractivity contribution is 0.596. The minimum Gasteiger partial charge on any atom is -0.271 e. The number of hydrogen-bond acceptors (Lipinski definition) is 3. The fourth-order valence-electron chi connectivity index (χ4n) is 1.84. The number of aromatic nitrogens is 1. The molecule has 1 heterocycles. The fourth-order valence-corrected chi connectivity index (χ4v) is 1.95. The number of pyridine rings is 1. The van der Waals surface area contributed by atoms with E-state index in [4.69, 9.17) is 17.4 Å². The van der Waals surface area contributed by atoms with Crippen LogP contribution in [0.4, 0.5) is 4.39 Å². The number of hydrogen-bond donors (Lipinski definition) is 2. The van der Waals surface area contributed by atoms with E-state index in [2.05, 4.69) is 10.4 Å². The summed E-state index contributed by atoms with van der Waals surface area (Å²) in [6, 6.07) is 7.88. The predicted molar refractivity (Wildman–Crippen MR) is 69.6 cm³/mol. The summed E-state index contributed by atoms with van der Waals surface area (Å²) in [5.74, 6) is 5.24. The maximum Gasteiger partial charge on any atom is 0.123 e. The Hall–Kier alpha value is -1.49. The SMILES string of the molecule is Cc1cc(F)cc(C(NN)c2ccc(Cl)cn2)c1. The summed E-state index contributed by atoms with van der Waals surface area (Å²) in [5, 5.41) is 0.546. The summed E-state index contributed by atoms with van der Waals surface area (Å²) in [6.07, 6.45) is 1.54. The third-order valence-corrected chi connectivity index (χ3v) is 2.83. The number of hydrazine groups is 1. The van der Waals surface area contributed by atoms with Crippen LogP contribution in [0.3, 0.4) is 0 Å². The third kappa shape index (κ3) is 2.85. The first-order chi connectivity index (χ1) is 8.60. The maximum absolute atomic E-state index is 13.4. The van der Waals surface area contributed by atoms with Crippen molar-refractivity contribution in [2.75, 3.05) is 0 Å². The highest BCUT2D eigenvalue weighted by atomic mass is 35.5. The molecular formula is C13H13ClFN3. The van der Waals surface area contributed by atoms with E-state index >= 15 is 0 Å². The summed E-state index contributed by atoms with van der Waals surface area (Å²) in [7, 11) is 0. The number of benzene rings is 1. The molecule has 1 aromatic heterocycles. The number of nitrogens with two attached hydrogens (primary N) is 1. The van der Waals surface area contributed by atoms with Crippen molar-refractivity contribution in [2.45, 2.75) is 13.0 Å². The molecule has 2 rings (SSSR count). The normalized spacial score (nSPS) is 12.4. The Kier molecular flexibility index (Phi) is 3.91. The first-order valence-electron chi connectivity index (χ1n) is 5.45. The second kappa shape index (κ2) is 5.44. The van der Waals surface area contributed by atoms with Crippen LogP contribution in [-0.4, -0.2) is 4.98 Å². The Balaban J connectivity index is 2.41. The van der Waals surface area contributed by atoms with Crippen molar-refractivity contribution in [1.82, 2.24) is 10.4 Å². The lowest BCUT2D eigenvalue weighted by Gasteiger charge is -2.16.